The minimum Gasteiger partial charge on any atom is -0.750 e. The monoisotopic (exact) mass is 291 g/mol. The lowest BCUT2D eigenvalue weighted by atomic mass is 10.1. The molecule has 0 N–H and O–H groups in total. The minimum absolute atomic E-state index is 0.0460. The van der Waals surface area contributed by atoms with Crippen LogP contribution in [0.25, 0.3) is 6.08 Å². The SMILES string of the molecule is C=Cc1ccc(C(=O)OCC(F)(F)OS(=O)[O-])cc1. The Morgan fingerprint density at radius 2 is 2.00 bits per heavy atom. The van der Waals surface area contributed by atoms with Crippen molar-refractivity contribution in [1.82, 2.24) is 0 Å². The van der Waals surface area contributed by atoms with Gasteiger partial charge in [-0.1, -0.05) is 24.8 Å². The summed E-state index contributed by atoms with van der Waals surface area (Å²) in [6.07, 6.45) is -2.55. The molecule has 0 aliphatic carbocycles. The molecule has 0 aromatic heterocycles. The fourth-order valence-corrected chi connectivity index (χ4v) is 1.36. The molecular weight excluding hydrogens is 282 g/mol. The third kappa shape index (κ3) is 5.25. The molecule has 8 heteroatoms. The van der Waals surface area contributed by atoms with E-state index in [1.807, 2.05) is 0 Å². The predicted octanol–water partition coefficient (Wildman–Crippen LogP) is 1.89. The van der Waals surface area contributed by atoms with E-state index in [9.17, 15) is 22.3 Å². The van der Waals surface area contributed by atoms with E-state index in [-0.39, 0.29) is 5.56 Å². The second kappa shape index (κ2) is 6.50. The summed E-state index contributed by atoms with van der Waals surface area (Å²) in [6, 6.07) is 5.82. The van der Waals surface area contributed by atoms with Gasteiger partial charge < -0.3 is 9.29 Å². The Morgan fingerprint density at radius 1 is 1.42 bits per heavy atom. The number of hydrogen-bond acceptors (Lipinski definition) is 5. The van der Waals surface area contributed by atoms with E-state index in [4.69, 9.17) is 0 Å². The van der Waals surface area contributed by atoms with Crippen molar-refractivity contribution in [3.05, 3.63) is 42.0 Å². The van der Waals surface area contributed by atoms with Crippen LogP contribution in [0.4, 0.5) is 8.78 Å². The van der Waals surface area contributed by atoms with Crippen LogP contribution in [0.3, 0.4) is 0 Å². The van der Waals surface area contributed by atoms with Crippen LogP contribution in [-0.4, -0.2) is 27.4 Å². The van der Waals surface area contributed by atoms with Crippen LogP contribution >= 0.6 is 0 Å². The Bertz CT molecular complexity index is 486. The highest BCUT2D eigenvalue weighted by Gasteiger charge is 2.33. The van der Waals surface area contributed by atoms with E-state index >= 15 is 0 Å². The normalized spacial score (nSPS) is 12.8. The van der Waals surface area contributed by atoms with Gasteiger partial charge in [0.25, 0.3) is 0 Å². The van der Waals surface area contributed by atoms with Crippen molar-refractivity contribution < 1.29 is 31.3 Å². The van der Waals surface area contributed by atoms with E-state index in [1.54, 1.807) is 18.2 Å². The summed E-state index contributed by atoms with van der Waals surface area (Å²) in [4.78, 5) is 11.4. The first-order valence-electron chi connectivity index (χ1n) is 4.90. The lowest BCUT2D eigenvalue weighted by Gasteiger charge is -2.17. The molecule has 0 radical (unpaired) electrons. The van der Waals surface area contributed by atoms with Crippen molar-refractivity contribution in [1.29, 1.82) is 0 Å². The van der Waals surface area contributed by atoms with Crippen molar-refractivity contribution >= 4 is 23.4 Å². The van der Waals surface area contributed by atoms with Crippen molar-refractivity contribution in [3.63, 3.8) is 0 Å². The topological polar surface area (TPSA) is 75.7 Å². The number of carbonyl (C=O) groups is 1. The number of esters is 1. The van der Waals surface area contributed by atoms with Gasteiger partial charge in [0.2, 0.25) is 0 Å². The highest BCUT2D eigenvalue weighted by Crippen LogP contribution is 2.17. The van der Waals surface area contributed by atoms with Gasteiger partial charge in [-0.15, -0.1) is 0 Å². The number of ether oxygens (including phenoxy) is 1. The van der Waals surface area contributed by atoms with Crippen molar-refractivity contribution in [3.8, 4) is 0 Å². The van der Waals surface area contributed by atoms with Gasteiger partial charge in [0.1, 0.15) is 0 Å². The van der Waals surface area contributed by atoms with E-state index in [0.717, 1.165) is 5.56 Å². The fraction of sp³-hybridized carbons (Fsp3) is 0.182. The molecule has 0 spiro atoms. The first-order valence-corrected chi connectivity index (χ1v) is 5.90. The second-order valence-electron chi connectivity index (χ2n) is 3.33. The molecule has 1 unspecified atom stereocenters. The Hall–Kier alpha value is -1.64. The van der Waals surface area contributed by atoms with Gasteiger partial charge in [0.15, 0.2) is 6.61 Å². The summed E-state index contributed by atoms with van der Waals surface area (Å²) >= 11 is -3.40. The van der Waals surface area contributed by atoms with Crippen LogP contribution in [-0.2, 0) is 20.3 Å². The number of halogens is 2. The molecule has 104 valence electrons. The molecule has 0 bridgehead atoms. The molecular formula is C11H9F2O5S-. The Balaban J connectivity index is 2.59. The van der Waals surface area contributed by atoms with Gasteiger partial charge in [0, 0.05) is 0 Å². The van der Waals surface area contributed by atoms with E-state index in [0.29, 0.717) is 0 Å². The molecule has 0 heterocycles. The maximum absolute atomic E-state index is 12.8. The predicted molar refractivity (Wildman–Crippen MR) is 61.8 cm³/mol. The Morgan fingerprint density at radius 3 is 2.47 bits per heavy atom. The van der Waals surface area contributed by atoms with Crippen LogP contribution in [0.15, 0.2) is 30.8 Å². The van der Waals surface area contributed by atoms with E-state index in [2.05, 4.69) is 15.5 Å². The molecule has 0 aliphatic rings. The molecule has 5 nitrogen and oxygen atoms in total. The van der Waals surface area contributed by atoms with E-state index in [1.165, 1.54) is 12.1 Å². The van der Waals surface area contributed by atoms with Gasteiger partial charge in [-0.2, -0.15) is 8.78 Å². The molecule has 1 aromatic carbocycles. The van der Waals surface area contributed by atoms with Gasteiger partial charge in [-0.25, -0.2) is 13.2 Å². The molecule has 0 saturated carbocycles. The van der Waals surface area contributed by atoms with E-state index < -0.39 is 30.0 Å². The molecule has 0 aliphatic heterocycles. The number of benzene rings is 1. The van der Waals surface area contributed by atoms with Gasteiger partial charge >= 0.3 is 12.1 Å². The molecule has 0 saturated heterocycles. The number of hydrogen-bond donors (Lipinski definition) is 0. The summed E-state index contributed by atoms with van der Waals surface area (Å²) < 4.78 is 52.9. The number of alkyl halides is 2. The maximum atomic E-state index is 12.8. The van der Waals surface area contributed by atoms with Crippen molar-refractivity contribution in [2.24, 2.45) is 0 Å². The molecule has 0 fully saturated rings. The van der Waals surface area contributed by atoms with Crippen LogP contribution in [0.1, 0.15) is 15.9 Å². The average molecular weight is 291 g/mol. The van der Waals surface area contributed by atoms with Crippen molar-refractivity contribution in [2.45, 2.75) is 6.11 Å². The second-order valence-corrected chi connectivity index (χ2v) is 3.90. The van der Waals surface area contributed by atoms with Crippen LogP contribution in [0, 0.1) is 0 Å². The Labute approximate surface area is 110 Å². The number of carbonyl (C=O) groups excluding carboxylic acids is 1. The molecule has 1 rings (SSSR count). The molecule has 19 heavy (non-hydrogen) atoms. The lowest BCUT2D eigenvalue weighted by molar-refractivity contribution is -0.198. The third-order valence-electron chi connectivity index (χ3n) is 1.94. The van der Waals surface area contributed by atoms with Crippen LogP contribution in [0.2, 0.25) is 0 Å². The maximum Gasteiger partial charge on any atom is 0.401 e. The van der Waals surface area contributed by atoms with Gasteiger partial charge in [-0.05, 0) is 17.7 Å². The fourth-order valence-electron chi connectivity index (χ4n) is 1.11. The Kier molecular flexibility index (Phi) is 5.28. The number of rotatable bonds is 6. The first kappa shape index (κ1) is 15.4. The summed E-state index contributed by atoms with van der Waals surface area (Å²) in [5.74, 6) is -1.02. The summed E-state index contributed by atoms with van der Waals surface area (Å²) in [6.45, 7) is 2.01. The zero-order chi connectivity index (χ0) is 14.5. The van der Waals surface area contributed by atoms with Gasteiger partial charge in [0.05, 0.1) is 16.9 Å². The summed E-state index contributed by atoms with van der Waals surface area (Å²) in [5, 5.41) is 0. The smallest absolute Gasteiger partial charge is 0.401 e. The van der Waals surface area contributed by atoms with Gasteiger partial charge in [-0.3, -0.25) is 0 Å². The largest absolute Gasteiger partial charge is 0.750 e. The molecule has 1 atom stereocenters. The quantitative estimate of drug-likeness (QED) is 0.591. The molecule has 0 amide bonds. The molecule has 1 aromatic rings. The summed E-state index contributed by atoms with van der Waals surface area (Å²) in [5.41, 5.74) is 0.789. The lowest BCUT2D eigenvalue weighted by Crippen LogP contribution is -2.29. The van der Waals surface area contributed by atoms with Crippen molar-refractivity contribution in [2.75, 3.05) is 6.61 Å². The third-order valence-corrected chi connectivity index (χ3v) is 2.32. The van der Waals surface area contributed by atoms with Crippen LogP contribution < -0.4 is 0 Å². The minimum atomic E-state index is -4.09. The standard InChI is InChI=1S/C11H10F2O5S/c1-2-8-3-5-9(6-4-8)10(14)17-7-11(12,13)18-19(15)16/h2-6H,1,7H2,(H,15,16)/p-1. The average Bonchev–Trinajstić information content (AvgIpc) is 2.34. The highest BCUT2D eigenvalue weighted by molar-refractivity contribution is 7.74. The zero-order valence-corrected chi connectivity index (χ0v) is 10.3. The highest BCUT2D eigenvalue weighted by atomic mass is 32.2. The summed E-state index contributed by atoms with van der Waals surface area (Å²) in [7, 11) is 0. The van der Waals surface area contributed by atoms with Crippen LogP contribution in [0.5, 0.6) is 0 Å². The zero-order valence-electron chi connectivity index (χ0n) is 9.51. The first-order chi connectivity index (χ1) is 8.84.